The highest BCUT2D eigenvalue weighted by Gasteiger charge is 2.43. The summed E-state index contributed by atoms with van der Waals surface area (Å²) in [6, 6.07) is 15.5. The van der Waals surface area contributed by atoms with E-state index in [1.807, 2.05) is 48.5 Å². The molecular weight excluding hydrogens is 344 g/mol. The van der Waals surface area contributed by atoms with Gasteiger partial charge in [0.2, 0.25) is 0 Å². The number of aliphatic hydroxyl groups excluding tert-OH is 3. The first kappa shape index (κ1) is 19.4. The van der Waals surface area contributed by atoms with Crippen LogP contribution in [-0.4, -0.2) is 46.8 Å². The van der Waals surface area contributed by atoms with E-state index >= 15 is 0 Å². The van der Waals surface area contributed by atoms with Crippen LogP contribution in [0.3, 0.4) is 0 Å². The second kappa shape index (κ2) is 8.55. The van der Waals surface area contributed by atoms with E-state index in [0.717, 1.165) is 22.4 Å². The van der Waals surface area contributed by atoms with Crippen LogP contribution >= 0.6 is 0 Å². The van der Waals surface area contributed by atoms with Crippen LogP contribution in [0.4, 0.5) is 0 Å². The van der Waals surface area contributed by atoms with Gasteiger partial charge in [0.1, 0.15) is 30.2 Å². The molecule has 5 heteroatoms. The highest BCUT2D eigenvalue weighted by atomic mass is 16.5. The molecule has 1 aliphatic heterocycles. The molecule has 5 nitrogen and oxygen atoms in total. The first-order valence-corrected chi connectivity index (χ1v) is 8.88. The van der Waals surface area contributed by atoms with Crippen molar-refractivity contribution in [3.05, 3.63) is 65.2 Å². The Morgan fingerprint density at radius 3 is 2.41 bits per heavy atom. The van der Waals surface area contributed by atoms with E-state index in [9.17, 15) is 15.3 Å². The number of aliphatic hydroxyl groups is 3. The lowest BCUT2D eigenvalue weighted by Crippen LogP contribution is -2.54. The molecule has 2 aromatic rings. The third-order valence-corrected chi connectivity index (χ3v) is 4.88. The Morgan fingerprint density at radius 1 is 1.00 bits per heavy atom. The lowest BCUT2D eigenvalue weighted by atomic mass is 9.89. The zero-order valence-electron chi connectivity index (χ0n) is 15.2. The van der Waals surface area contributed by atoms with Gasteiger partial charge in [-0.15, -0.1) is 12.3 Å². The van der Waals surface area contributed by atoms with Crippen molar-refractivity contribution >= 4 is 0 Å². The average Bonchev–Trinajstić information content (AvgIpc) is 2.69. The number of benzene rings is 2. The van der Waals surface area contributed by atoms with Gasteiger partial charge in [0.05, 0.1) is 13.2 Å². The number of methoxy groups -OCH3 is 1. The number of hydrogen-bond acceptors (Lipinski definition) is 5. The molecule has 0 aliphatic carbocycles. The molecule has 1 fully saturated rings. The van der Waals surface area contributed by atoms with Crippen LogP contribution in [0.15, 0.2) is 48.5 Å². The Balaban J connectivity index is 1.80. The molecule has 0 saturated carbocycles. The summed E-state index contributed by atoms with van der Waals surface area (Å²) in [4.78, 5) is 0. The first-order chi connectivity index (χ1) is 13.0. The van der Waals surface area contributed by atoms with Crippen molar-refractivity contribution in [2.24, 2.45) is 0 Å². The minimum Gasteiger partial charge on any atom is -0.497 e. The second-order valence-electron chi connectivity index (χ2n) is 6.75. The Hall–Kier alpha value is -2.36. The number of hydrogen-bond donors (Lipinski definition) is 3. The van der Waals surface area contributed by atoms with E-state index in [1.165, 1.54) is 0 Å². The molecule has 3 N–H and O–H groups in total. The van der Waals surface area contributed by atoms with E-state index in [4.69, 9.17) is 15.9 Å². The fourth-order valence-electron chi connectivity index (χ4n) is 3.37. The van der Waals surface area contributed by atoms with Crippen molar-refractivity contribution in [2.75, 3.05) is 7.11 Å². The van der Waals surface area contributed by atoms with Gasteiger partial charge in [0.15, 0.2) is 0 Å². The predicted octanol–water partition coefficient (Wildman–Crippen LogP) is 1.83. The van der Waals surface area contributed by atoms with Crippen LogP contribution in [0.5, 0.6) is 5.75 Å². The molecule has 0 radical (unpaired) electrons. The van der Waals surface area contributed by atoms with Crippen LogP contribution in [-0.2, 0) is 11.2 Å². The Labute approximate surface area is 159 Å². The van der Waals surface area contributed by atoms with Gasteiger partial charge in [-0.2, -0.15) is 0 Å². The maximum atomic E-state index is 10.4. The van der Waals surface area contributed by atoms with Gasteiger partial charge >= 0.3 is 0 Å². The molecule has 1 aliphatic rings. The van der Waals surface area contributed by atoms with E-state index in [0.29, 0.717) is 6.42 Å². The van der Waals surface area contributed by atoms with E-state index in [2.05, 4.69) is 5.92 Å². The molecule has 1 heterocycles. The second-order valence-corrected chi connectivity index (χ2v) is 6.75. The number of terminal acetylenes is 1. The molecule has 0 spiro atoms. The van der Waals surface area contributed by atoms with Crippen molar-refractivity contribution in [1.29, 1.82) is 0 Å². The van der Waals surface area contributed by atoms with Crippen molar-refractivity contribution < 1.29 is 24.8 Å². The molecule has 0 aromatic heterocycles. The summed E-state index contributed by atoms with van der Waals surface area (Å²) < 4.78 is 11.0. The summed E-state index contributed by atoms with van der Waals surface area (Å²) >= 11 is 0. The Kier molecular flexibility index (Phi) is 6.15. The fourth-order valence-corrected chi connectivity index (χ4v) is 3.37. The molecule has 0 amide bonds. The number of rotatable bonds is 5. The monoisotopic (exact) mass is 368 g/mol. The van der Waals surface area contributed by atoms with Gasteiger partial charge in [-0.25, -0.2) is 0 Å². The SMILES string of the molecule is C#CC[C@H]1O[C@@H](c2cccc(Cc3ccc(OC)cc3)c2)[C@H](O)[C@@H](O)[C@@H]1O. The Morgan fingerprint density at radius 2 is 1.74 bits per heavy atom. The van der Waals surface area contributed by atoms with Crippen LogP contribution in [0.1, 0.15) is 29.2 Å². The van der Waals surface area contributed by atoms with Crippen LogP contribution in [0.25, 0.3) is 0 Å². The minimum atomic E-state index is -1.31. The van der Waals surface area contributed by atoms with Gasteiger partial charge in [-0.05, 0) is 35.2 Å². The normalized spacial score (nSPS) is 27.7. The summed E-state index contributed by atoms with van der Waals surface area (Å²) in [7, 11) is 1.63. The molecule has 0 bridgehead atoms. The minimum absolute atomic E-state index is 0.160. The molecule has 5 atom stereocenters. The summed E-state index contributed by atoms with van der Waals surface area (Å²) in [6.45, 7) is 0. The summed E-state index contributed by atoms with van der Waals surface area (Å²) in [5.74, 6) is 3.24. The first-order valence-electron chi connectivity index (χ1n) is 8.88. The molecule has 142 valence electrons. The van der Waals surface area contributed by atoms with Crippen molar-refractivity contribution in [1.82, 2.24) is 0 Å². The van der Waals surface area contributed by atoms with Crippen LogP contribution in [0.2, 0.25) is 0 Å². The molecular formula is C22H24O5. The van der Waals surface area contributed by atoms with E-state index in [1.54, 1.807) is 7.11 Å². The highest BCUT2D eigenvalue weighted by molar-refractivity contribution is 5.34. The van der Waals surface area contributed by atoms with Gasteiger partial charge in [-0.3, -0.25) is 0 Å². The maximum Gasteiger partial charge on any atom is 0.118 e. The lowest BCUT2D eigenvalue weighted by molar-refractivity contribution is -0.223. The predicted molar refractivity (Wildman–Crippen MR) is 101 cm³/mol. The van der Waals surface area contributed by atoms with E-state index in [-0.39, 0.29) is 6.42 Å². The zero-order chi connectivity index (χ0) is 19.4. The van der Waals surface area contributed by atoms with Crippen molar-refractivity contribution in [2.45, 2.75) is 43.4 Å². The molecule has 3 rings (SSSR count). The largest absolute Gasteiger partial charge is 0.497 e. The van der Waals surface area contributed by atoms with Gasteiger partial charge in [0, 0.05) is 6.42 Å². The standard InChI is InChI=1S/C22H24O5/c1-3-5-18-19(23)20(24)21(25)22(27-18)16-7-4-6-15(13-16)12-14-8-10-17(26-2)11-9-14/h1,4,6-11,13,18-25H,5,12H2,2H3/t18-,19-,20+,21-,22+/m1/s1. The van der Waals surface area contributed by atoms with Crippen LogP contribution in [0, 0.1) is 12.3 Å². The van der Waals surface area contributed by atoms with Gasteiger partial charge < -0.3 is 24.8 Å². The molecule has 27 heavy (non-hydrogen) atoms. The summed E-state index contributed by atoms with van der Waals surface area (Å²) in [5.41, 5.74) is 2.91. The molecule has 1 saturated heterocycles. The lowest BCUT2D eigenvalue weighted by Gasteiger charge is -2.40. The topological polar surface area (TPSA) is 79.2 Å². The average molecular weight is 368 g/mol. The Bertz CT molecular complexity index is 795. The zero-order valence-corrected chi connectivity index (χ0v) is 15.2. The van der Waals surface area contributed by atoms with Crippen molar-refractivity contribution in [3.8, 4) is 18.1 Å². The fraction of sp³-hybridized carbons (Fsp3) is 0.364. The van der Waals surface area contributed by atoms with Gasteiger partial charge in [0.25, 0.3) is 0 Å². The maximum absolute atomic E-state index is 10.4. The summed E-state index contributed by atoms with van der Waals surface area (Å²) in [5, 5.41) is 30.6. The summed E-state index contributed by atoms with van der Waals surface area (Å²) in [6.07, 6.45) is 0.962. The molecule has 0 unspecified atom stereocenters. The van der Waals surface area contributed by atoms with Crippen LogP contribution < -0.4 is 4.74 Å². The third kappa shape index (κ3) is 4.32. The quantitative estimate of drug-likeness (QED) is 0.702. The molecule has 2 aromatic carbocycles. The van der Waals surface area contributed by atoms with E-state index < -0.39 is 30.5 Å². The number of ether oxygens (including phenoxy) is 2. The third-order valence-electron chi connectivity index (χ3n) is 4.88. The highest BCUT2D eigenvalue weighted by Crippen LogP contribution is 2.34. The van der Waals surface area contributed by atoms with Crippen molar-refractivity contribution in [3.63, 3.8) is 0 Å². The smallest absolute Gasteiger partial charge is 0.118 e. The van der Waals surface area contributed by atoms with Gasteiger partial charge in [-0.1, -0.05) is 36.4 Å².